The van der Waals surface area contributed by atoms with E-state index in [9.17, 15) is 18.0 Å². The topological polar surface area (TPSA) is 17.1 Å². The van der Waals surface area contributed by atoms with E-state index < -0.39 is 11.7 Å². The van der Waals surface area contributed by atoms with Gasteiger partial charge in [-0.15, -0.1) is 0 Å². The zero-order chi connectivity index (χ0) is 14.6. The Kier molecular flexibility index (Phi) is 5.59. The van der Waals surface area contributed by atoms with Crippen LogP contribution < -0.4 is 0 Å². The maximum absolute atomic E-state index is 12.7. The Morgan fingerprint density at radius 3 is 2.53 bits per heavy atom. The van der Waals surface area contributed by atoms with E-state index in [-0.39, 0.29) is 28.2 Å². The van der Waals surface area contributed by atoms with Gasteiger partial charge in [-0.2, -0.15) is 13.2 Å². The molecule has 0 aliphatic carbocycles. The van der Waals surface area contributed by atoms with Gasteiger partial charge in [0, 0.05) is 16.5 Å². The van der Waals surface area contributed by atoms with Crippen LogP contribution in [-0.2, 0) is 6.18 Å². The van der Waals surface area contributed by atoms with Crippen molar-refractivity contribution in [1.29, 1.82) is 0 Å². The SMILES string of the molecule is CCCC(C)CC(=O)c1ccc(Br)c(C(F)(F)F)c1. The third-order valence-electron chi connectivity index (χ3n) is 2.91. The molecule has 5 heteroatoms. The van der Waals surface area contributed by atoms with Crippen molar-refractivity contribution >= 4 is 21.7 Å². The van der Waals surface area contributed by atoms with Gasteiger partial charge in [-0.3, -0.25) is 4.79 Å². The van der Waals surface area contributed by atoms with Crippen LogP contribution in [0.1, 0.15) is 49.0 Å². The molecule has 1 rings (SSSR count). The van der Waals surface area contributed by atoms with E-state index in [1.807, 2.05) is 13.8 Å². The van der Waals surface area contributed by atoms with Crippen LogP contribution in [0.5, 0.6) is 0 Å². The molecule has 0 saturated carbocycles. The Morgan fingerprint density at radius 2 is 2.00 bits per heavy atom. The van der Waals surface area contributed by atoms with Crippen LogP contribution in [0.15, 0.2) is 22.7 Å². The molecule has 1 nitrogen and oxygen atoms in total. The highest BCUT2D eigenvalue weighted by Gasteiger charge is 2.33. The molecule has 106 valence electrons. The third kappa shape index (κ3) is 4.64. The summed E-state index contributed by atoms with van der Waals surface area (Å²) in [5.74, 6) is -0.0468. The molecule has 0 radical (unpaired) electrons. The van der Waals surface area contributed by atoms with Crippen molar-refractivity contribution in [1.82, 2.24) is 0 Å². The Bertz CT molecular complexity index is 454. The minimum atomic E-state index is -4.45. The van der Waals surface area contributed by atoms with Crippen LogP contribution in [0.4, 0.5) is 13.2 Å². The molecule has 0 spiro atoms. The average Bonchev–Trinajstić information content (AvgIpc) is 2.27. The molecule has 0 amide bonds. The van der Waals surface area contributed by atoms with Gasteiger partial charge < -0.3 is 0 Å². The second-order valence-electron chi connectivity index (χ2n) is 4.71. The van der Waals surface area contributed by atoms with E-state index in [2.05, 4.69) is 15.9 Å². The molecular weight excluding hydrogens is 321 g/mol. The first-order valence-corrected chi connectivity index (χ1v) is 6.95. The number of hydrogen-bond donors (Lipinski definition) is 0. The number of hydrogen-bond acceptors (Lipinski definition) is 1. The summed E-state index contributed by atoms with van der Waals surface area (Å²) in [5.41, 5.74) is -0.681. The molecule has 0 saturated heterocycles. The fraction of sp³-hybridized carbons (Fsp3) is 0.500. The zero-order valence-electron chi connectivity index (χ0n) is 10.9. The lowest BCUT2D eigenvalue weighted by Gasteiger charge is -2.12. The highest BCUT2D eigenvalue weighted by atomic mass is 79.9. The standard InChI is InChI=1S/C14H16BrF3O/c1-3-4-9(2)7-13(19)10-5-6-12(15)11(8-10)14(16,17)18/h5-6,8-9H,3-4,7H2,1-2H3. The van der Waals surface area contributed by atoms with E-state index in [1.54, 1.807) is 0 Å². The maximum Gasteiger partial charge on any atom is 0.417 e. The van der Waals surface area contributed by atoms with E-state index in [0.717, 1.165) is 18.9 Å². The number of carbonyl (C=O) groups excluding carboxylic acids is 1. The lowest BCUT2D eigenvalue weighted by molar-refractivity contribution is -0.138. The van der Waals surface area contributed by atoms with Crippen molar-refractivity contribution in [3.05, 3.63) is 33.8 Å². The van der Waals surface area contributed by atoms with Crippen molar-refractivity contribution in [2.45, 2.75) is 39.3 Å². The first-order chi connectivity index (χ1) is 8.75. The lowest BCUT2D eigenvalue weighted by Crippen LogP contribution is -2.10. The summed E-state index contributed by atoms with van der Waals surface area (Å²) >= 11 is 2.86. The summed E-state index contributed by atoms with van der Waals surface area (Å²) < 4.78 is 38.2. The number of halogens is 4. The molecule has 0 aliphatic heterocycles. The minimum absolute atomic E-state index is 0.0434. The van der Waals surface area contributed by atoms with Gasteiger partial charge in [-0.25, -0.2) is 0 Å². The van der Waals surface area contributed by atoms with Crippen molar-refractivity contribution in [3.63, 3.8) is 0 Å². The van der Waals surface area contributed by atoms with Crippen LogP contribution in [0, 0.1) is 5.92 Å². The summed E-state index contributed by atoms with van der Waals surface area (Å²) in [6.45, 7) is 3.95. The summed E-state index contributed by atoms with van der Waals surface area (Å²) in [4.78, 5) is 11.9. The Morgan fingerprint density at radius 1 is 1.37 bits per heavy atom. The molecule has 0 bridgehead atoms. The summed E-state index contributed by atoms with van der Waals surface area (Å²) in [6, 6.07) is 3.63. The van der Waals surface area contributed by atoms with Crippen molar-refractivity contribution in [2.75, 3.05) is 0 Å². The quantitative estimate of drug-likeness (QED) is 0.651. The summed E-state index contributed by atoms with van der Waals surface area (Å²) in [7, 11) is 0. The highest BCUT2D eigenvalue weighted by Crippen LogP contribution is 2.35. The van der Waals surface area contributed by atoms with Gasteiger partial charge in [-0.05, 0) is 18.1 Å². The van der Waals surface area contributed by atoms with Gasteiger partial charge in [-0.1, -0.05) is 48.7 Å². The number of Topliss-reactive ketones (excluding diaryl/α,β-unsaturated/α-hetero) is 1. The predicted molar refractivity (Wildman–Crippen MR) is 72.2 cm³/mol. The molecule has 1 aromatic rings. The number of carbonyl (C=O) groups is 1. The van der Waals surface area contributed by atoms with E-state index >= 15 is 0 Å². The van der Waals surface area contributed by atoms with Crippen LogP contribution in [0.3, 0.4) is 0 Å². The molecule has 0 aromatic heterocycles. The molecule has 0 fully saturated rings. The second kappa shape index (κ2) is 6.55. The number of ketones is 1. The zero-order valence-corrected chi connectivity index (χ0v) is 12.4. The second-order valence-corrected chi connectivity index (χ2v) is 5.57. The van der Waals surface area contributed by atoms with E-state index in [4.69, 9.17) is 0 Å². The van der Waals surface area contributed by atoms with Crippen molar-refractivity contribution in [3.8, 4) is 0 Å². The average molecular weight is 337 g/mol. The molecule has 19 heavy (non-hydrogen) atoms. The summed E-state index contributed by atoms with van der Waals surface area (Å²) in [5, 5.41) is 0. The molecular formula is C14H16BrF3O. The van der Waals surface area contributed by atoms with Crippen LogP contribution in [0.25, 0.3) is 0 Å². The van der Waals surface area contributed by atoms with Crippen LogP contribution in [-0.4, -0.2) is 5.78 Å². The Hall–Kier alpha value is -0.840. The Balaban J connectivity index is 2.93. The van der Waals surface area contributed by atoms with Gasteiger partial charge in [0.05, 0.1) is 5.56 Å². The third-order valence-corrected chi connectivity index (χ3v) is 3.60. The van der Waals surface area contributed by atoms with Crippen molar-refractivity contribution in [2.24, 2.45) is 5.92 Å². The normalized spacial score (nSPS) is 13.4. The molecule has 0 heterocycles. The Labute approximate surface area is 119 Å². The van der Waals surface area contributed by atoms with Gasteiger partial charge in [0.1, 0.15) is 0 Å². The molecule has 1 aromatic carbocycles. The molecule has 1 atom stereocenters. The fourth-order valence-electron chi connectivity index (χ4n) is 1.95. The maximum atomic E-state index is 12.7. The summed E-state index contributed by atoms with van der Waals surface area (Å²) in [6.07, 6.45) is -2.31. The first kappa shape index (κ1) is 16.2. The van der Waals surface area contributed by atoms with Gasteiger partial charge in [0.15, 0.2) is 5.78 Å². The predicted octanol–water partition coefficient (Wildman–Crippen LogP) is 5.48. The van der Waals surface area contributed by atoms with E-state index in [1.165, 1.54) is 12.1 Å². The van der Waals surface area contributed by atoms with Crippen molar-refractivity contribution < 1.29 is 18.0 Å². The monoisotopic (exact) mass is 336 g/mol. The van der Waals surface area contributed by atoms with Gasteiger partial charge in [0.2, 0.25) is 0 Å². The van der Waals surface area contributed by atoms with E-state index in [0.29, 0.717) is 0 Å². The largest absolute Gasteiger partial charge is 0.417 e. The minimum Gasteiger partial charge on any atom is -0.294 e. The lowest BCUT2D eigenvalue weighted by atomic mass is 9.95. The molecule has 0 aliphatic rings. The van der Waals surface area contributed by atoms with Crippen LogP contribution >= 0.6 is 15.9 Å². The van der Waals surface area contributed by atoms with Gasteiger partial charge >= 0.3 is 6.18 Å². The smallest absolute Gasteiger partial charge is 0.294 e. The number of benzene rings is 1. The number of rotatable bonds is 5. The first-order valence-electron chi connectivity index (χ1n) is 6.15. The number of alkyl halides is 3. The van der Waals surface area contributed by atoms with Gasteiger partial charge in [0.25, 0.3) is 0 Å². The highest BCUT2D eigenvalue weighted by molar-refractivity contribution is 9.10. The molecule has 0 N–H and O–H groups in total. The fourth-order valence-corrected chi connectivity index (χ4v) is 2.42. The van der Waals surface area contributed by atoms with Crippen LogP contribution in [0.2, 0.25) is 0 Å². The molecule has 1 unspecified atom stereocenters.